The van der Waals surface area contributed by atoms with E-state index in [9.17, 15) is 35.9 Å². The molecule has 19 heteroatoms. The van der Waals surface area contributed by atoms with Gasteiger partial charge in [0.2, 0.25) is 5.82 Å². The lowest BCUT2D eigenvalue weighted by Gasteiger charge is -2.25. The van der Waals surface area contributed by atoms with Gasteiger partial charge in [-0.05, 0) is 36.4 Å². The molecule has 8 nitrogen and oxygen atoms in total. The van der Waals surface area contributed by atoms with Crippen LogP contribution in [0.1, 0.15) is 26.4 Å². The van der Waals surface area contributed by atoms with Crippen LogP contribution in [0.15, 0.2) is 42.6 Å². The predicted octanol–water partition coefficient (Wildman–Crippen LogP) is 3.00. The van der Waals surface area contributed by atoms with Crippen molar-refractivity contribution in [2.75, 3.05) is 12.4 Å². The Kier molecular flexibility index (Phi) is 9.03. The topological polar surface area (TPSA) is 96.0 Å². The van der Waals surface area contributed by atoms with Gasteiger partial charge in [-0.3, -0.25) is 4.79 Å². The summed E-state index contributed by atoms with van der Waals surface area (Å²) in [5, 5.41) is 0.866. The van der Waals surface area contributed by atoms with Crippen LogP contribution in [0.4, 0.5) is 40.8 Å². The molecular formula is C23H17B3F8N2O6. The molecule has 0 bridgehead atoms. The number of halogens is 8. The Morgan fingerprint density at radius 2 is 1.52 bits per heavy atom. The number of nitrogens with zero attached hydrogens (tertiary/aromatic N) is 1. The van der Waals surface area contributed by atoms with Gasteiger partial charge < -0.3 is 24.3 Å². The summed E-state index contributed by atoms with van der Waals surface area (Å²) in [6.07, 6.45) is -9.39. The van der Waals surface area contributed by atoms with Gasteiger partial charge in [-0.2, -0.15) is 17.6 Å². The van der Waals surface area contributed by atoms with E-state index in [0.717, 1.165) is 25.4 Å². The zero-order valence-corrected chi connectivity index (χ0v) is 22.0. The number of rotatable bonds is 8. The fourth-order valence-corrected chi connectivity index (χ4v) is 3.29. The van der Waals surface area contributed by atoms with E-state index in [2.05, 4.69) is 19.8 Å². The zero-order chi connectivity index (χ0) is 31.6. The number of amides is 1. The summed E-state index contributed by atoms with van der Waals surface area (Å²) in [4.78, 5) is 28.5. The molecule has 0 unspecified atom stereocenters. The maximum atomic E-state index is 15.1. The largest absolute Gasteiger partial charge is 0.573 e. The molecule has 1 heterocycles. The fraction of sp³-hybridized carbons (Fsp3) is 0.174. The van der Waals surface area contributed by atoms with Crippen LogP contribution in [-0.4, -0.2) is 59.2 Å². The standard InChI is InChI=1S/C23H17B3F8N2O6/c1-39-20(38)12-8-10(4-5-35-12)36-19(37)16-11(27)6-9(21(29,30)31)7-15(16)40-14-3-2-13(41-23(32,33)34)17(28)18(14)42-22(24,25)26/h2-8H,24-26H2,1H3,(H,35,36,37). The third-order valence-corrected chi connectivity index (χ3v) is 4.90. The number of methoxy groups -OCH3 is 1. The molecule has 0 spiro atoms. The first-order chi connectivity index (χ1) is 19.3. The fourth-order valence-electron chi connectivity index (χ4n) is 3.29. The number of alkyl halides is 6. The molecule has 0 saturated heterocycles. The quantitative estimate of drug-likeness (QED) is 0.241. The number of benzene rings is 2. The second-order valence-electron chi connectivity index (χ2n) is 9.27. The Morgan fingerprint density at radius 1 is 0.881 bits per heavy atom. The second-order valence-corrected chi connectivity index (χ2v) is 9.27. The minimum atomic E-state index is -5.32. The maximum absolute atomic E-state index is 15.1. The molecule has 2 aromatic carbocycles. The average Bonchev–Trinajstić information content (AvgIpc) is 2.85. The SMILES string of the molecule is BC(B)(B)Oc1c(Oc2cc(C(F)(F)F)cc(F)c2C(=O)Nc2ccnc(C(=O)OC)c2)ccc(OC(F)(F)F)c1F. The van der Waals surface area contributed by atoms with Crippen molar-refractivity contribution in [1.29, 1.82) is 0 Å². The molecule has 0 aliphatic heterocycles. The third kappa shape index (κ3) is 8.07. The van der Waals surface area contributed by atoms with Crippen molar-refractivity contribution < 1.29 is 63.7 Å². The van der Waals surface area contributed by atoms with Crippen molar-refractivity contribution in [3.63, 3.8) is 0 Å². The Hall–Kier alpha value is -4.44. The number of nitrogens with one attached hydrogen (secondary N) is 1. The number of carbonyl (C=O) groups is 2. The molecule has 1 N–H and O–H groups in total. The van der Waals surface area contributed by atoms with E-state index >= 15 is 8.78 Å². The number of ether oxygens (including phenoxy) is 4. The minimum absolute atomic E-state index is 0.00161. The van der Waals surface area contributed by atoms with Crippen molar-refractivity contribution >= 4 is 41.1 Å². The maximum Gasteiger partial charge on any atom is 0.573 e. The van der Waals surface area contributed by atoms with Crippen molar-refractivity contribution in [3.05, 3.63) is 71.1 Å². The molecular weight excluding hydrogens is 585 g/mol. The molecule has 0 aliphatic rings. The molecule has 220 valence electrons. The van der Waals surface area contributed by atoms with Crippen molar-refractivity contribution in [3.8, 4) is 23.0 Å². The molecule has 3 aromatic rings. The van der Waals surface area contributed by atoms with Gasteiger partial charge in [-0.1, -0.05) is 0 Å². The zero-order valence-electron chi connectivity index (χ0n) is 22.0. The van der Waals surface area contributed by atoms with Crippen LogP contribution < -0.4 is 19.5 Å². The van der Waals surface area contributed by atoms with Crippen molar-refractivity contribution in [1.82, 2.24) is 4.98 Å². The van der Waals surface area contributed by atoms with Gasteiger partial charge in [0.1, 0.15) is 46.4 Å². The van der Waals surface area contributed by atoms with Gasteiger partial charge >= 0.3 is 18.5 Å². The summed E-state index contributed by atoms with van der Waals surface area (Å²) in [6.45, 7) is 0. The number of anilines is 1. The van der Waals surface area contributed by atoms with Gasteiger partial charge in [0, 0.05) is 17.2 Å². The van der Waals surface area contributed by atoms with E-state index in [4.69, 9.17) is 9.47 Å². The number of carbonyl (C=O) groups excluding carboxylic acids is 2. The average molecular weight is 602 g/mol. The summed E-state index contributed by atoms with van der Waals surface area (Å²) in [5.41, 5.74) is -3.16. The van der Waals surface area contributed by atoms with E-state index in [1.807, 2.05) is 0 Å². The first-order valence-electron chi connectivity index (χ1n) is 11.5. The van der Waals surface area contributed by atoms with E-state index in [-0.39, 0.29) is 23.5 Å². The van der Waals surface area contributed by atoms with Crippen LogP contribution in [0.25, 0.3) is 0 Å². The van der Waals surface area contributed by atoms with Crippen LogP contribution in [0, 0.1) is 11.6 Å². The summed E-state index contributed by atoms with van der Waals surface area (Å²) >= 11 is 0. The normalized spacial score (nSPS) is 11.9. The second kappa shape index (κ2) is 11.8. The van der Waals surface area contributed by atoms with Crippen LogP contribution in [-0.2, 0) is 10.9 Å². The molecule has 3 rings (SSSR count). The monoisotopic (exact) mass is 602 g/mol. The lowest BCUT2D eigenvalue weighted by molar-refractivity contribution is -0.275. The van der Waals surface area contributed by atoms with Crippen LogP contribution in [0.3, 0.4) is 0 Å². The summed E-state index contributed by atoms with van der Waals surface area (Å²) < 4.78 is 128. The number of esters is 1. The minimum Gasteiger partial charge on any atom is -0.508 e. The Morgan fingerprint density at radius 3 is 2.10 bits per heavy atom. The summed E-state index contributed by atoms with van der Waals surface area (Å²) in [7, 11) is 5.16. The molecule has 1 amide bonds. The molecule has 0 atom stereocenters. The smallest absolute Gasteiger partial charge is 0.508 e. The highest BCUT2D eigenvalue weighted by Gasteiger charge is 2.36. The number of aromatic nitrogens is 1. The van der Waals surface area contributed by atoms with Crippen molar-refractivity contribution in [2.24, 2.45) is 0 Å². The number of pyridine rings is 1. The number of hydrogen-bond acceptors (Lipinski definition) is 7. The Bertz CT molecular complexity index is 1510. The van der Waals surface area contributed by atoms with E-state index in [1.54, 1.807) is 0 Å². The van der Waals surface area contributed by atoms with E-state index in [0.29, 0.717) is 12.1 Å². The lowest BCUT2D eigenvalue weighted by Crippen LogP contribution is -2.38. The van der Waals surface area contributed by atoms with E-state index < -0.39 is 75.5 Å². The first kappa shape index (κ1) is 32.1. The highest BCUT2D eigenvalue weighted by molar-refractivity contribution is 6.58. The van der Waals surface area contributed by atoms with Gasteiger partial charge in [-0.15, -0.1) is 13.2 Å². The molecule has 0 saturated carbocycles. The Labute approximate surface area is 234 Å². The predicted molar refractivity (Wildman–Crippen MR) is 137 cm³/mol. The van der Waals surface area contributed by atoms with Gasteiger partial charge in [-0.25, -0.2) is 14.2 Å². The molecule has 0 fully saturated rings. The van der Waals surface area contributed by atoms with Crippen LogP contribution >= 0.6 is 0 Å². The number of hydrogen-bond donors (Lipinski definition) is 1. The van der Waals surface area contributed by atoms with Crippen molar-refractivity contribution in [2.45, 2.75) is 17.8 Å². The third-order valence-electron chi connectivity index (χ3n) is 4.90. The summed E-state index contributed by atoms with van der Waals surface area (Å²) in [5.74, 6) is -10.1. The first-order valence-corrected chi connectivity index (χ1v) is 11.5. The van der Waals surface area contributed by atoms with Gasteiger partial charge in [0.25, 0.3) is 5.91 Å². The lowest BCUT2D eigenvalue weighted by atomic mass is 9.52. The molecule has 1 aromatic heterocycles. The van der Waals surface area contributed by atoms with Crippen LogP contribution in [0.5, 0.6) is 23.0 Å². The van der Waals surface area contributed by atoms with Gasteiger partial charge in [0.05, 0.1) is 12.7 Å². The molecule has 0 aliphatic carbocycles. The highest BCUT2D eigenvalue weighted by Crippen LogP contribution is 2.43. The van der Waals surface area contributed by atoms with Gasteiger partial charge in [0.15, 0.2) is 17.2 Å². The molecule has 42 heavy (non-hydrogen) atoms. The van der Waals surface area contributed by atoms with E-state index in [1.165, 1.54) is 23.5 Å². The van der Waals surface area contributed by atoms with Crippen LogP contribution in [0.2, 0.25) is 0 Å². The summed E-state index contributed by atoms with van der Waals surface area (Å²) in [6, 6.07) is 3.53. The highest BCUT2D eigenvalue weighted by atomic mass is 19.4. The Balaban J connectivity index is 2.15. The molecule has 0 radical (unpaired) electrons.